The van der Waals surface area contributed by atoms with Gasteiger partial charge in [-0.15, -0.1) is 35.9 Å². The van der Waals surface area contributed by atoms with Gasteiger partial charge in [-0.05, 0) is 19.2 Å². The number of hydrogen-bond acceptors (Lipinski definition) is 6. The van der Waals surface area contributed by atoms with Crippen molar-refractivity contribution in [3.63, 3.8) is 0 Å². The van der Waals surface area contributed by atoms with Gasteiger partial charge in [0.2, 0.25) is 0 Å². The molecule has 3 aromatic rings. The van der Waals surface area contributed by atoms with E-state index in [9.17, 15) is 4.79 Å². The second-order valence-corrected chi connectivity index (χ2v) is 6.95. The number of benzene rings is 2. The molecule has 0 aliphatic carbocycles. The summed E-state index contributed by atoms with van der Waals surface area (Å²) in [5.41, 5.74) is 2.36. The monoisotopic (exact) mass is 621 g/mol. The molecule has 2 N–H and O–H groups in total. The molecule has 33 heavy (non-hydrogen) atoms. The average molecular weight is 621 g/mol. The Kier molecular flexibility index (Phi) is 10.9. The number of pyridine rings is 1. The van der Waals surface area contributed by atoms with Gasteiger partial charge in [0, 0.05) is 57.3 Å². The zero-order chi connectivity index (χ0) is 22.6. The second kappa shape index (κ2) is 13.9. The van der Waals surface area contributed by atoms with Crippen molar-refractivity contribution >= 4 is 17.6 Å². The van der Waals surface area contributed by atoms with Crippen LogP contribution in [0.1, 0.15) is 21.6 Å². The third kappa shape index (κ3) is 8.25. The van der Waals surface area contributed by atoms with Crippen LogP contribution >= 0.6 is 0 Å². The maximum Gasteiger partial charge on any atom is 0.354 e. The van der Waals surface area contributed by atoms with E-state index in [0.717, 1.165) is 43.4 Å². The molecule has 0 atom stereocenters. The van der Waals surface area contributed by atoms with Crippen LogP contribution in [0.25, 0.3) is 0 Å². The van der Waals surface area contributed by atoms with E-state index in [-0.39, 0.29) is 25.8 Å². The number of rotatable bonds is 3. The van der Waals surface area contributed by atoms with Gasteiger partial charge in [-0.3, -0.25) is 4.99 Å². The van der Waals surface area contributed by atoms with Crippen molar-refractivity contribution in [2.45, 2.75) is 0 Å². The Bertz CT molecular complexity index is 1040. The number of likely N-dealkylation sites (N-methyl/N-ethyl adjacent to an activating group) is 1. The molecule has 0 fully saturated rings. The molecule has 0 unspecified atom stereocenters. The van der Waals surface area contributed by atoms with Gasteiger partial charge in [-0.1, -0.05) is 36.4 Å². The molecule has 8 heteroatoms. The van der Waals surface area contributed by atoms with Gasteiger partial charge in [-0.2, -0.15) is 0 Å². The quantitative estimate of drug-likeness (QED) is 0.440. The molecule has 7 nitrogen and oxygen atoms in total. The largest absolute Gasteiger partial charge is 0.477 e. The van der Waals surface area contributed by atoms with E-state index in [2.05, 4.69) is 50.4 Å². The summed E-state index contributed by atoms with van der Waals surface area (Å²) in [5.74, 6) is 1.11. The topological polar surface area (TPSA) is 90.2 Å². The first-order valence-electron chi connectivity index (χ1n) is 10.4. The van der Waals surface area contributed by atoms with Gasteiger partial charge in [0.1, 0.15) is 11.5 Å². The van der Waals surface area contributed by atoms with Gasteiger partial charge >= 0.3 is 5.97 Å². The van der Waals surface area contributed by atoms with Crippen LogP contribution in [0.3, 0.4) is 0 Å². The van der Waals surface area contributed by atoms with Gasteiger partial charge in [0.25, 0.3) is 0 Å². The Morgan fingerprint density at radius 3 is 2.27 bits per heavy atom. The van der Waals surface area contributed by atoms with Crippen LogP contribution in [-0.4, -0.2) is 65.9 Å². The standard InChI is InChI=1S/C10H11N2.C9H10N2.C6H5NO2.Ir/c1-12-8-7-11-10(12)9-5-3-2-4-6-9;1-2-4-8(5-3-1)9-10-6-7-11-9;8-6(9)5-3-1-2-4-7-5;/h2-5H,7-8H2,1H3;1-5H,6-7H2,(H,10,11);1-4H,(H,8,9);/q-1;;;. The molecule has 0 bridgehead atoms. The molecule has 0 saturated heterocycles. The number of carboxylic acid groups (broad SMARTS) is 1. The minimum Gasteiger partial charge on any atom is -0.477 e. The van der Waals surface area contributed by atoms with Crippen molar-refractivity contribution in [3.05, 3.63) is 102 Å². The van der Waals surface area contributed by atoms with Gasteiger partial charge < -0.3 is 20.3 Å². The van der Waals surface area contributed by atoms with Crippen molar-refractivity contribution in [1.82, 2.24) is 15.2 Å². The number of hydrogen-bond donors (Lipinski definition) is 2. The first kappa shape index (κ1) is 25.9. The summed E-state index contributed by atoms with van der Waals surface area (Å²) in [7, 11) is 2.06. The van der Waals surface area contributed by atoms with E-state index in [1.165, 1.54) is 17.8 Å². The van der Waals surface area contributed by atoms with E-state index in [1.807, 2.05) is 42.5 Å². The number of aliphatic imine (C=N–C) groups is 2. The maximum absolute atomic E-state index is 10.1. The van der Waals surface area contributed by atoms with E-state index < -0.39 is 5.97 Å². The van der Waals surface area contributed by atoms with Crippen LogP contribution in [-0.2, 0) is 20.1 Å². The Morgan fingerprint density at radius 1 is 1.00 bits per heavy atom. The molecule has 0 spiro atoms. The summed E-state index contributed by atoms with van der Waals surface area (Å²) in [6.45, 7) is 3.82. The first-order valence-corrected chi connectivity index (χ1v) is 10.4. The molecular weight excluding hydrogens is 595 g/mol. The molecule has 0 amide bonds. The molecule has 0 saturated carbocycles. The van der Waals surface area contributed by atoms with Gasteiger partial charge in [0.05, 0.1) is 6.54 Å². The van der Waals surface area contributed by atoms with Crippen molar-refractivity contribution in [3.8, 4) is 0 Å². The fourth-order valence-corrected chi connectivity index (χ4v) is 3.03. The van der Waals surface area contributed by atoms with Crippen LogP contribution in [0.5, 0.6) is 0 Å². The minimum absolute atomic E-state index is 0. The third-order valence-corrected chi connectivity index (χ3v) is 4.61. The van der Waals surface area contributed by atoms with Crippen LogP contribution in [0, 0.1) is 6.07 Å². The predicted molar refractivity (Wildman–Crippen MR) is 126 cm³/mol. The van der Waals surface area contributed by atoms with E-state index >= 15 is 0 Å². The third-order valence-electron chi connectivity index (χ3n) is 4.61. The van der Waals surface area contributed by atoms with Crippen molar-refractivity contribution in [2.24, 2.45) is 9.98 Å². The van der Waals surface area contributed by atoms with Crippen molar-refractivity contribution in [1.29, 1.82) is 0 Å². The Balaban J connectivity index is 0.000000174. The maximum atomic E-state index is 10.1. The summed E-state index contributed by atoms with van der Waals surface area (Å²) >= 11 is 0. The number of aromatic carboxylic acids is 1. The summed E-state index contributed by atoms with van der Waals surface area (Å²) in [6, 6.07) is 26.1. The van der Waals surface area contributed by atoms with Crippen molar-refractivity contribution in [2.75, 3.05) is 33.2 Å². The fraction of sp³-hybridized carbons (Fsp3) is 0.200. The van der Waals surface area contributed by atoms with E-state index in [1.54, 1.807) is 12.1 Å². The molecule has 2 aliphatic rings. The molecule has 5 rings (SSSR count). The van der Waals surface area contributed by atoms with Crippen LogP contribution < -0.4 is 5.32 Å². The molecular formula is C25H26IrN5O2-. The Morgan fingerprint density at radius 2 is 1.76 bits per heavy atom. The number of aromatic nitrogens is 1. The molecule has 1 aromatic heterocycles. The number of nitrogens with one attached hydrogen (secondary N) is 1. The molecule has 2 aliphatic heterocycles. The Labute approximate surface area is 207 Å². The molecule has 2 aromatic carbocycles. The summed E-state index contributed by atoms with van der Waals surface area (Å²) < 4.78 is 0. The zero-order valence-corrected chi connectivity index (χ0v) is 20.7. The van der Waals surface area contributed by atoms with Crippen LogP contribution in [0.2, 0.25) is 0 Å². The van der Waals surface area contributed by atoms with Gasteiger partial charge in [0.15, 0.2) is 0 Å². The minimum atomic E-state index is -0.990. The average Bonchev–Trinajstić information content (AvgIpc) is 3.54. The molecule has 3 heterocycles. The van der Waals surface area contributed by atoms with Gasteiger partial charge in [-0.25, -0.2) is 9.78 Å². The molecule has 1 radical (unpaired) electrons. The van der Waals surface area contributed by atoms with E-state index in [4.69, 9.17) is 5.11 Å². The number of nitrogens with zero attached hydrogens (tertiary/aromatic N) is 4. The zero-order valence-electron chi connectivity index (χ0n) is 18.3. The van der Waals surface area contributed by atoms with Crippen LogP contribution in [0.15, 0.2) is 89.0 Å². The van der Waals surface area contributed by atoms with E-state index in [0.29, 0.717) is 0 Å². The smallest absolute Gasteiger partial charge is 0.354 e. The number of carboxylic acids is 1. The van der Waals surface area contributed by atoms with Crippen molar-refractivity contribution < 1.29 is 30.0 Å². The molecule has 173 valence electrons. The number of amidine groups is 2. The fourth-order valence-electron chi connectivity index (χ4n) is 3.03. The Hall–Kier alpha value is -3.35. The SMILES string of the molecule is CN1CCN=C1c1[c-]cccc1.O=C(O)c1ccccn1.[Ir].c1ccc(C2=NCCN2)cc1. The second-order valence-electron chi connectivity index (χ2n) is 6.95. The summed E-state index contributed by atoms with van der Waals surface area (Å²) in [5, 5.41) is 11.5. The predicted octanol–water partition coefficient (Wildman–Crippen LogP) is 2.99. The van der Waals surface area contributed by atoms with Crippen LogP contribution in [0.4, 0.5) is 0 Å². The first-order chi connectivity index (χ1) is 15.6. The summed E-state index contributed by atoms with van der Waals surface area (Å²) in [6.07, 6.45) is 1.45. The number of carbonyl (C=O) groups is 1. The summed E-state index contributed by atoms with van der Waals surface area (Å²) in [4.78, 5) is 24.6. The normalized spacial score (nSPS) is 13.7.